The molecule has 6 unspecified atom stereocenters. The summed E-state index contributed by atoms with van der Waals surface area (Å²) in [6.45, 7) is 8.09. The molecule has 2 aliphatic carbocycles. The molecule has 0 spiro atoms. The van der Waals surface area contributed by atoms with E-state index in [0.717, 1.165) is 31.6 Å². The van der Waals surface area contributed by atoms with Crippen molar-refractivity contribution in [3.05, 3.63) is 23.8 Å². The molecule has 6 atom stereocenters. The zero-order valence-electron chi connectivity index (χ0n) is 13.0. The molecule has 21 heavy (non-hydrogen) atoms. The Morgan fingerprint density at radius 3 is 3.05 bits per heavy atom. The lowest BCUT2D eigenvalue weighted by molar-refractivity contribution is -0.119. The quantitative estimate of drug-likeness (QED) is 0.687. The number of nitrogens with zero attached hydrogens (tertiary/aromatic N) is 1. The molecular formula is C19H25NO. The minimum atomic E-state index is 0.316. The van der Waals surface area contributed by atoms with E-state index in [4.69, 9.17) is 0 Å². The van der Waals surface area contributed by atoms with Crippen molar-refractivity contribution in [2.75, 3.05) is 6.54 Å². The third-order valence-corrected chi connectivity index (χ3v) is 7.80. The maximum atomic E-state index is 11.9. The van der Waals surface area contributed by atoms with Gasteiger partial charge in [-0.05, 0) is 37.0 Å². The van der Waals surface area contributed by atoms with Gasteiger partial charge in [0.1, 0.15) is 5.78 Å². The van der Waals surface area contributed by atoms with Crippen LogP contribution in [-0.4, -0.2) is 29.3 Å². The van der Waals surface area contributed by atoms with E-state index in [1.54, 1.807) is 5.57 Å². The molecule has 2 saturated heterocycles. The summed E-state index contributed by atoms with van der Waals surface area (Å²) < 4.78 is 0. The fourth-order valence-electron chi connectivity index (χ4n) is 7.16. The topological polar surface area (TPSA) is 20.3 Å². The van der Waals surface area contributed by atoms with E-state index < -0.39 is 0 Å². The molecule has 0 radical (unpaired) electrons. The summed E-state index contributed by atoms with van der Waals surface area (Å²) in [7, 11) is 0. The van der Waals surface area contributed by atoms with Crippen LogP contribution in [0.5, 0.6) is 0 Å². The molecule has 0 aromatic carbocycles. The van der Waals surface area contributed by atoms with E-state index >= 15 is 0 Å². The molecule has 0 N–H and O–H groups in total. The minimum absolute atomic E-state index is 0.316. The largest absolute Gasteiger partial charge is 0.299 e. The molecule has 2 nitrogen and oxygen atoms in total. The van der Waals surface area contributed by atoms with Crippen LogP contribution >= 0.6 is 0 Å². The van der Waals surface area contributed by atoms with Crippen molar-refractivity contribution >= 4 is 5.78 Å². The lowest BCUT2D eigenvalue weighted by Crippen LogP contribution is -2.53. The summed E-state index contributed by atoms with van der Waals surface area (Å²) in [5, 5.41) is 0. The summed E-state index contributed by atoms with van der Waals surface area (Å²) in [6.07, 6.45) is 10.2. The van der Waals surface area contributed by atoms with Crippen LogP contribution in [0, 0.1) is 16.7 Å². The fourth-order valence-corrected chi connectivity index (χ4v) is 7.16. The van der Waals surface area contributed by atoms with Gasteiger partial charge in [-0.15, -0.1) is 6.58 Å². The Balaban J connectivity index is 1.68. The van der Waals surface area contributed by atoms with Gasteiger partial charge in [-0.3, -0.25) is 9.69 Å². The Morgan fingerprint density at radius 2 is 2.24 bits per heavy atom. The van der Waals surface area contributed by atoms with Crippen molar-refractivity contribution in [2.24, 2.45) is 16.7 Å². The maximum Gasteiger partial charge on any atom is 0.137 e. The van der Waals surface area contributed by atoms with Crippen LogP contribution in [0.3, 0.4) is 0 Å². The number of ketones is 1. The van der Waals surface area contributed by atoms with E-state index in [-0.39, 0.29) is 0 Å². The smallest absolute Gasteiger partial charge is 0.137 e. The lowest BCUT2D eigenvalue weighted by Gasteiger charge is -2.54. The SMILES string of the molecule is C=CC12C3CCCC1(C)CN1C3C3=C(CC(=O)CC3)CC12. The second-order valence-corrected chi connectivity index (χ2v) is 8.38. The molecule has 0 aromatic heterocycles. The van der Waals surface area contributed by atoms with Crippen molar-refractivity contribution < 1.29 is 4.79 Å². The van der Waals surface area contributed by atoms with Crippen molar-refractivity contribution in [3.63, 3.8) is 0 Å². The Bertz CT molecular complexity index is 590. The Labute approximate surface area is 127 Å². The fraction of sp³-hybridized carbons (Fsp3) is 0.737. The number of hydrogen-bond donors (Lipinski definition) is 0. The molecule has 0 aromatic rings. The first-order valence-electron chi connectivity index (χ1n) is 8.72. The lowest BCUT2D eigenvalue weighted by atomic mass is 9.50. The van der Waals surface area contributed by atoms with Crippen molar-refractivity contribution in [3.8, 4) is 0 Å². The van der Waals surface area contributed by atoms with Crippen LogP contribution in [0.25, 0.3) is 0 Å². The highest BCUT2D eigenvalue weighted by molar-refractivity contribution is 5.83. The predicted octanol–water partition coefficient (Wildman–Crippen LogP) is 3.48. The monoisotopic (exact) mass is 283 g/mol. The van der Waals surface area contributed by atoms with E-state index in [1.807, 2.05) is 0 Å². The van der Waals surface area contributed by atoms with Crippen molar-refractivity contribution in [1.29, 1.82) is 0 Å². The standard InChI is InChI=1S/C19H25NO/c1-3-19-15-5-4-8-18(19,2)11-20-16(19)10-12-9-13(21)6-7-14(12)17(15)20/h3,15-17H,1,4-11H2,2H3. The van der Waals surface area contributed by atoms with Gasteiger partial charge < -0.3 is 0 Å². The first-order chi connectivity index (χ1) is 10.1. The normalized spacial score (nSPS) is 53.9. The van der Waals surface area contributed by atoms with Crippen LogP contribution < -0.4 is 0 Å². The number of carbonyl (C=O) groups is 1. The number of carbonyl (C=O) groups excluding carboxylic acids is 1. The third kappa shape index (κ3) is 1.21. The Kier molecular flexibility index (Phi) is 2.23. The highest BCUT2D eigenvalue weighted by Gasteiger charge is 2.73. The van der Waals surface area contributed by atoms with Gasteiger partial charge in [-0.25, -0.2) is 0 Å². The van der Waals surface area contributed by atoms with E-state index in [1.165, 1.54) is 31.4 Å². The molecule has 0 amide bonds. The van der Waals surface area contributed by atoms with Gasteiger partial charge in [0.15, 0.2) is 0 Å². The zero-order valence-corrected chi connectivity index (χ0v) is 13.0. The minimum Gasteiger partial charge on any atom is -0.299 e. The summed E-state index contributed by atoms with van der Waals surface area (Å²) in [5.41, 5.74) is 3.94. The molecule has 4 bridgehead atoms. The Hall–Kier alpha value is -0.890. The second-order valence-electron chi connectivity index (χ2n) is 8.38. The molecule has 2 heteroatoms. The highest BCUT2D eigenvalue weighted by atomic mass is 16.1. The molecule has 3 heterocycles. The number of hydrogen-bond acceptors (Lipinski definition) is 2. The van der Waals surface area contributed by atoms with Gasteiger partial charge in [0.25, 0.3) is 0 Å². The van der Waals surface area contributed by atoms with Gasteiger partial charge in [0.05, 0.1) is 0 Å². The molecule has 112 valence electrons. The number of piperidine rings is 1. The number of fused-ring (bicyclic) bond motifs is 2. The molecule has 5 aliphatic rings. The van der Waals surface area contributed by atoms with Gasteiger partial charge in [0, 0.05) is 36.9 Å². The van der Waals surface area contributed by atoms with Gasteiger partial charge >= 0.3 is 0 Å². The molecule has 3 fully saturated rings. The molecule has 3 aliphatic heterocycles. The van der Waals surface area contributed by atoms with Crippen LogP contribution in [0.1, 0.15) is 51.9 Å². The summed E-state index contributed by atoms with van der Waals surface area (Å²) in [5.74, 6) is 1.24. The van der Waals surface area contributed by atoms with Crippen molar-refractivity contribution in [2.45, 2.75) is 64.0 Å². The van der Waals surface area contributed by atoms with Crippen LogP contribution in [-0.2, 0) is 4.79 Å². The summed E-state index contributed by atoms with van der Waals surface area (Å²) in [6, 6.07) is 1.29. The van der Waals surface area contributed by atoms with Crippen molar-refractivity contribution in [1.82, 2.24) is 4.90 Å². The first kappa shape index (κ1) is 12.6. The zero-order chi connectivity index (χ0) is 14.4. The van der Waals surface area contributed by atoms with E-state index in [0.29, 0.717) is 28.7 Å². The van der Waals surface area contributed by atoms with E-state index in [2.05, 4.69) is 24.5 Å². The van der Waals surface area contributed by atoms with Gasteiger partial charge in [0.2, 0.25) is 0 Å². The van der Waals surface area contributed by atoms with Crippen LogP contribution in [0.4, 0.5) is 0 Å². The molecule has 1 saturated carbocycles. The highest BCUT2D eigenvalue weighted by Crippen LogP contribution is 2.72. The van der Waals surface area contributed by atoms with Gasteiger partial charge in [-0.2, -0.15) is 0 Å². The first-order valence-corrected chi connectivity index (χ1v) is 8.72. The maximum absolute atomic E-state index is 11.9. The average Bonchev–Trinajstić information content (AvgIpc) is 2.80. The summed E-state index contributed by atoms with van der Waals surface area (Å²) >= 11 is 0. The molecule has 5 rings (SSSR count). The molecular weight excluding hydrogens is 258 g/mol. The average molecular weight is 283 g/mol. The second kappa shape index (κ2) is 3.71. The van der Waals surface area contributed by atoms with Crippen LogP contribution in [0.2, 0.25) is 0 Å². The number of Topliss-reactive ketones (excluding diaryl/α,β-unsaturated/α-hetero) is 1. The third-order valence-electron chi connectivity index (χ3n) is 7.80. The van der Waals surface area contributed by atoms with Crippen LogP contribution in [0.15, 0.2) is 23.8 Å². The Morgan fingerprint density at radius 1 is 1.38 bits per heavy atom. The van der Waals surface area contributed by atoms with E-state index in [9.17, 15) is 4.79 Å². The van der Waals surface area contributed by atoms with Gasteiger partial charge in [-0.1, -0.05) is 30.6 Å². The number of rotatable bonds is 1. The summed E-state index contributed by atoms with van der Waals surface area (Å²) in [4.78, 5) is 14.7. The predicted molar refractivity (Wildman–Crippen MR) is 82.9 cm³/mol.